The minimum Gasteiger partial charge on any atom is -0.329 e. The van der Waals surface area contributed by atoms with Gasteiger partial charge in [-0.15, -0.1) is 0 Å². The van der Waals surface area contributed by atoms with Crippen LogP contribution in [0.2, 0.25) is 0 Å². The SMILES string of the molecule is CC(C)(C)S(=O)(=O)NC1(CN)CCCCC1. The third-order valence-electron chi connectivity index (χ3n) is 3.36. The molecule has 0 aromatic heterocycles. The highest BCUT2D eigenvalue weighted by molar-refractivity contribution is 7.90. The maximum Gasteiger partial charge on any atom is 0.217 e. The fourth-order valence-corrected chi connectivity index (χ4v) is 3.18. The van der Waals surface area contributed by atoms with Crippen LogP contribution >= 0.6 is 0 Å². The molecule has 16 heavy (non-hydrogen) atoms. The van der Waals surface area contributed by atoms with E-state index in [1.165, 1.54) is 6.42 Å². The summed E-state index contributed by atoms with van der Waals surface area (Å²) in [4.78, 5) is 0. The number of sulfonamides is 1. The highest BCUT2D eigenvalue weighted by Crippen LogP contribution is 2.29. The van der Waals surface area contributed by atoms with Crippen molar-refractivity contribution in [2.75, 3.05) is 6.54 Å². The van der Waals surface area contributed by atoms with Gasteiger partial charge in [0.15, 0.2) is 0 Å². The molecule has 0 radical (unpaired) electrons. The van der Waals surface area contributed by atoms with E-state index in [1.807, 2.05) is 0 Å². The fraction of sp³-hybridized carbons (Fsp3) is 1.00. The average Bonchev–Trinajstić information content (AvgIpc) is 2.17. The zero-order valence-corrected chi connectivity index (χ0v) is 11.4. The van der Waals surface area contributed by atoms with Crippen molar-refractivity contribution in [3.63, 3.8) is 0 Å². The Kier molecular flexibility index (Phi) is 4.03. The minimum atomic E-state index is -3.30. The third kappa shape index (κ3) is 2.96. The van der Waals surface area contributed by atoms with Crippen LogP contribution in [-0.2, 0) is 10.0 Å². The van der Waals surface area contributed by atoms with Crippen molar-refractivity contribution in [1.82, 2.24) is 4.72 Å². The molecule has 0 spiro atoms. The van der Waals surface area contributed by atoms with Crippen LogP contribution in [0.15, 0.2) is 0 Å². The standard InChI is InChI=1S/C11H24N2O2S/c1-10(2,3)16(14,15)13-11(9-12)7-5-4-6-8-11/h13H,4-9,12H2,1-3H3. The van der Waals surface area contributed by atoms with Gasteiger partial charge in [-0.2, -0.15) is 0 Å². The number of nitrogens with two attached hydrogens (primary N) is 1. The molecule has 0 saturated heterocycles. The van der Waals surface area contributed by atoms with E-state index in [2.05, 4.69) is 4.72 Å². The maximum absolute atomic E-state index is 12.1. The molecule has 0 amide bonds. The summed E-state index contributed by atoms with van der Waals surface area (Å²) in [6.45, 7) is 5.52. The van der Waals surface area contributed by atoms with Gasteiger partial charge < -0.3 is 5.73 Å². The van der Waals surface area contributed by atoms with Crippen LogP contribution in [0.5, 0.6) is 0 Å². The molecule has 1 rings (SSSR count). The van der Waals surface area contributed by atoms with E-state index in [-0.39, 0.29) is 0 Å². The minimum absolute atomic E-state index is 0.391. The van der Waals surface area contributed by atoms with Gasteiger partial charge in [0.25, 0.3) is 0 Å². The van der Waals surface area contributed by atoms with Gasteiger partial charge in [-0.3, -0.25) is 0 Å². The second-order valence-electron chi connectivity index (χ2n) is 5.76. The largest absolute Gasteiger partial charge is 0.329 e. The third-order valence-corrected chi connectivity index (χ3v) is 5.67. The van der Waals surface area contributed by atoms with Crippen molar-refractivity contribution in [3.05, 3.63) is 0 Å². The molecular weight excluding hydrogens is 224 g/mol. The van der Waals surface area contributed by atoms with Crippen molar-refractivity contribution in [3.8, 4) is 0 Å². The first-order chi connectivity index (χ1) is 7.22. The summed E-state index contributed by atoms with van der Waals surface area (Å²) < 4.78 is 26.3. The van der Waals surface area contributed by atoms with Crippen molar-refractivity contribution in [2.45, 2.75) is 63.2 Å². The fourth-order valence-electron chi connectivity index (χ4n) is 2.01. The van der Waals surface area contributed by atoms with Gasteiger partial charge in [0.05, 0.1) is 4.75 Å². The van der Waals surface area contributed by atoms with Crippen LogP contribution in [0.3, 0.4) is 0 Å². The first-order valence-electron chi connectivity index (χ1n) is 5.96. The van der Waals surface area contributed by atoms with Gasteiger partial charge in [0.2, 0.25) is 10.0 Å². The second-order valence-corrected chi connectivity index (χ2v) is 8.20. The van der Waals surface area contributed by atoms with Crippen molar-refractivity contribution in [2.24, 2.45) is 5.73 Å². The summed E-state index contributed by atoms with van der Waals surface area (Å²) in [6, 6.07) is 0. The number of hydrogen-bond acceptors (Lipinski definition) is 3. The topological polar surface area (TPSA) is 72.2 Å². The van der Waals surface area contributed by atoms with E-state index < -0.39 is 20.3 Å². The summed E-state index contributed by atoms with van der Waals surface area (Å²) >= 11 is 0. The van der Waals surface area contributed by atoms with E-state index >= 15 is 0 Å². The molecule has 0 bridgehead atoms. The van der Waals surface area contributed by atoms with Crippen LogP contribution in [0.1, 0.15) is 52.9 Å². The van der Waals surface area contributed by atoms with Crippen molar-refractivity contribution >= 4 is 10.0 Å². The normalized spacial score (nSPS) is 22.0. The number of rotatable bonds is 3. The van der Waals surface area contributed by atoms with Crippen LogP contribution in [0, 0.1) is 0 Å². The zero-order valence-electron chi connectivity index (χ0n) is 10.5. The smallest absolute Gasteiger partial charge is 0.217 e. The van der Waals surface area contributed by atoms with Gasteiger partial charge in [-0.05, 0) is 33.6 Å². The van der Waals surface area contributed by atoms with E-state index in [9.17, 15) is 8.42 Å². The molecule has 1 aliphatic rings. The molecule has 0 aliphatic heterocycles. The first kappa shape index (κ1) is 13.9. The molecule has 1 aliphatic carbocycles. The predicted octanol–water partition coefficient (Wildman–Crippen LogP) is 1.37. The molecule has 0 heterocycles. The second kappa shape index (κ2) is 4.63. The van der Waals surface area contributed by atoms with Crippen LogP contribution in [0.25, 0.3) is 0 Å². The Morgan fingerprint density at radius 1 is 1.19 bits per heavy atom. The summed E-state index contributed by atoms with van der Waals surface area (Å²) in [5.74, 6) is 0. The van der Waals surface area contributed by atoms with Gasteiger partial charge in [-0.25, -0.2) is 13.1 Å². The lowest BCUT2D eigenvalue weighted by Crippen LogP contribution is -2.58. The molecule has 1 saturated carbocycles. The van der Waals surface area contributed by atoms with Gasteiger partial charge in [0.1, 0.15) is 0 Å². The van der Waals surface area contributed by atoms with E-state index in [0.29, 0.717) is 6.54 Å². The zero-order chi connectivity index (χ0) is 12.4. The highest BCUT2D eigenvalue weighted by atomic mass is 32.2. The molecule has 1 fully saturated rings. The lowest BCUT2D eigenvalue weighted by Gasteiger charge is -2.38. The molecular formula is C11H24N2O2S. The predicted molar refractivity (Wildman–Crippen MR) is 66.7 cm³/mol. The lowest BCUT2D eigenvalue weighted by molar-refractivity contribution is 0.274. The van der Waals surface area contributed by atoms with E-state index in [4.69, 9.17) is 5.73 Å². The molecule has 96 valence electrons. The van der Waals surface area contributed by atoms with Gasteiger partial charge in [0, 0.05) is 12.1 Å². The molecule has 0 atom stereocenters. The maximum atomic E-state index is 12.1. The Hall–Kier alpha value is -0.130. The molecule has 3 N–H and O–H groups in total. The average molecular weight is 248 g/mol. The van der Waals surface area contributed by atoms with Crippen LogP contribution in [-0.4, -0.2) is 25.2 Å². The molecule has 0 aromatic rings. The van der Waals surface area contributed by atoms with Gasteiger partial charge in [-0.1, -0.05) is 19.3 Å². The van der Waals surface area contributed by atoms with Crippen LogP contribution < -0.4 is 10.5 Å². The summed E-state index contributed by atoms with van der Waals surface area (Å²) in [5.41, 5.74) is 5.36. The van der Waals surface area contributed by atoms with E-state index in [0.717, 1.165) is 25.7 Å². The summed E-state index contributed by atoms with van der Waals surface area (Å²) in [5, 5.41) is 0. The molecule has 0 aromatic carbocycles. The summed E-state index contributed by atoms with van der Waals surface area (Å²) in [7, 11) is -3.30. The molecule has 0 unspecified atom stereocenters. The van der Waals surface area contributed by atoms with Crippen molar-refractivity contribution < 1.29 is 8.42 Å². The Balaban J connectivity index is 2.85. The first-order valence-corrected chi connectivity index (χ1v) is 7.44. The van der Waals surface area contributed by atoms with E-state index in [1.54, 1.807) is 20.8 Å². The molecule has 5 heteroatoms. The van der Waals surface area contributed by atoms with Crippen LogP contribution in [0.4, 0.5) is 0 Å². The monoisotopic (exact) mass is 248 g/mol. The van der Waals surface area contributed by atoms with Gasteiger partial charge >= 0.3 is 0 Å². The Morgan fingerprint density at radius 3 is 2.06 bits per heavy atom. The lowest BCUT2D eigenvalue weighted by atomic mass is 9.83. The number of nitrogens with one attached hydrogen (secondary N) is 1. The van der Waals surface area contributed by atoms with Crippen molar-refractivity contribution in [1.29, 1.82) is 0 Å². The quantitative estimate of drug-likeness (QED) is 0.792. The Morgan fingerprint density at radius 2 is 1.69 bits per heavy atom. The highest BCUT2D eigenvalue weighted by Gasteiger charge is 2.39. The summed E-state index contributed by atoms with van der Waals surface area (Å²) in [6.07, 6.45) is 5.02. The Labute approximate surface area is 99.0 Å². The number of hydrogen-bond donors (Lipinski definition) is 2. The Bertz CT molecular complexity index is 324. The molecule has 4 nitrogen and oxygen atoms in total.